The fourth-order valence-corrected chi connectivity index (χ4v) is 2.83. The van der Waals surface area contributed by atoms with Crippen LogP contribution in [0.4, 0.5) is 0 Å². The summed E-state index contributed by atoms with van der Waals surface area (Å²) < 4.78 is 0. The van der Waals surface area contributed by atoms with Gasteiger partial charge in [0.25, 0.3) is 0 Å². The van der Waals surface area contributed by atoms with Gasteiger partial charge in [-0.2, -0.15) is 0 Å². The monoisotopic (exact) mass is 279 g/mol. The second kappa shape index (κ2) is 6.96. The summed E-state index contributed by atoms with van der Waals surface area (Å²) in [7, 11) is 0. The molecule has 1 saturated heterocycles. The van der Waals surface area contributed by atoms with Gasteiger partial charge in [-0.25, -0.2) is 0 Å². The lowest BCUT2D eigenvalue weighted by molar-refractivity contribution is -0.131. The van der Waals surface area contributed by atoms with Crippen molar-refractivity contribution < 1.29 is 9.90 Å². The van der Waals surface area contributed by atoms with Crippen molar-refractivity contribution in [1.29, 1.82) is 0 Å². The zero-order valence-electron chi connectivity index (χ0n) is 11.1. The Hall–Kier alpha value is -1.00. The zero-order chi connectivity index (χ0) is 13.7. The first-order valence-electron chi connectivity index (χ1n) is 6.89. The maximum Gasteiger partial charge on any atom is 0.227 e. The molecule has 1 unspecified atom stereocenters. The third-order valence-corrected chi connectivity index (χ3v) is 3.98. The summed E-state index contributed by atoms with van der Waals surface area (Å²) in [4.78, 5) is 15.2. The molecule has 4 heteroatoms. The van der Waals surface area contributed by atoms with E-state index < -0.39 is 0 Å². The number of carbonyl (C=O) groups excluding carboxylic acids is 1. The quantitative estimate of drug-likeness (QED) is 0.812. The van der Waals surface area contributed by atoms with Gasteiger partial charge in [-0.1, -0.05) is 12.1 Å². The lowest BCUT2D eigenvalue weighted by atomic mass is 10.1. The maximum atomic E-state index is 12.3. The molecule has 0 aromatic heterocycles. The molecule has 1 heterocycles. The van der Waals surface area contributed by atoms with Gasteiger partial charge in [0.15, 0.2) is 0 Å². The van der Waals surface area contributed by atoms with E-state index in [1.54, 1.807) is 0 Å². The predicted molar refractivity (Wildman–Crippen MR) is 78.5 cm³/mol. The highest BCUT2D eigenvalue weighted by atomic mass is 32.1. The van der Waals surface area contributed by atoms with E-state index in [4.69, 9.17) is 5.11 Å². The summed E-state index contributed by atoms with van der Waals surface area (Å²) in [6.07, 6.45) is 4.31. The molecule has 19 heavy (non-hydrogen) atoms. The van der Waals surface area contributed by atoms with Crippen LogP contribution in [0.1, 0.15) is 31.2 Å². The minimum atomic E-state index is 0.201. The van der Waals surface area contributed by atoms with Crippen molar-refractivity contribution in [2.24, 2.45) is 0 Å². The highest BCUT2D eigenvalue weighted by molar-refractivity contribution is 7.80. The van der Waals surface area contributed by atoms with Crippen molar-refractivity contribution in [3.8, 4) is 0 Å². The smallest absolute Gasteiger partial charge is 0.227 e. The van der Waals surface area contributed by atoms with Gasteiger partial charge in [-0.05, 0) is 43.4 Å². The van der Waals surface area contributed by atoms with Gasteiger partial charge < -0.3 is 10.0 Å². The second-order valence-corrected chi connectivity index (χ2v) is 5.61. The molecule has 1 atom stereocenters. The molecule has 0 spiro atoms. The van der Waals surface area contributed by atoms with Crippen molar-refractivity contribution in [2.45, 2.75) is 43.0 Å². The van der Waals surface area contributed by atoms with E-state index in [-0.39, 0.29) is 12.5 Å². The first-order valence-corrected chi connectivity index (χ1v) is 7.33. The third kappa shape index (κ3) is 3.98. The van der Waals surface area contributed by atoms with E-state index in [2.05, 4.69) is 12.6 Å². The summed E-state index contributed by atoms with van der Waals surface area (Å²) in [6, 6.07) is 8.07. The van der Waals surface area contributed by atoms with Crippen molar-refractivity contribution >= 4 is 18.5 Å². The van der Waals surface area contributed by atoms with Crippen molar-refractivity contribution in [1.82, 2.24) is 4.90 Å². The van der Waals surface area contributed by atoms with E-state index in [0.29, 0.717) is 12.5 Å². The fourth-order valence-electron chi connectivity index (χ4n) is 2.68. The average Bonchev–Trinajstić information content (AvgIpc) is 2.87. The molecule has 1 amide bonds. The molecule has 1 aliphatic heterocycles. The molecule has 1 aromatic carbocycles. The number of amides is 1. The van der Waals surface area contributed by atoms with Gasteiger partial charge in [0.1, 0.15) is 0 Å². The Bertz CT molecular complexity index is 419. The van der Waals surface area contributed by atoms with Gasteiger partial charge >= 0.3 is 0 Å². The molecule has 1 fully saturated rings. The minimum Gasteiger partial charge on any atom is -0.396 e. The minimum absolute atomic E-state index is 0.201. The van der Waals surface area contributed by atoms with Crippen LogP contribution in [0.2, 0.25) is 0 Å². The predicted octanol–water partition coefficient (Wildman–Crippen LogP) is 2.28. The first kappa shape index (κ1) is 14.4. The van der Waals surface area contributed by atoms with Crippen LogP contribution < -0.4 is 0 Å². The summed E-state index contributed by atoms with van der Waals surface area (Å²) in [5.41, 5.74) is 1.04. The molecule has 0 bridgehead atoms. The molecule has 104 valence electrons. The largest absolute Gasteiger partial charge is 0.396 e. The van der Waals surface area contributed by atoms with Crippen LogP contribution in [0.3, 0.4) is 0 Å². The number of thiol groups is 1. The number of benzene rings is 1. The van der Waals surface area contributed by atoms with Crippen LogP contribution in [-0.2, 0) is 11.2 Å². The molecular formula is C15H21NO2S. The number of aliphatic hydroxyl groups excluding tert-OH is 1. The Morgan fingerprint density at radius 1 is 1.37 bits per heavy atom. The number of hydrogen-bond acceptors (Lipinski definition) is 3. The molecule has 1 aliphatic rings. The van der Waals surface area contributed by atoms with Gasteiger partial charge in [-0.15, -0.1) is 12.6 Å². The number of nitrogens with zero attached hydrogens (tertiary/aromatic N) is 1. The van der Waals surface area contributed by atoms with Gasteiger partial charge in [-0.3, -0.25) is 4.79 Å². The van der Waals surface area contributed by atoms with Crippen molar-refractivity contribution in [2.75, 3.05) is 13.2 Å². The van der Waals surface area contributed by atoms with E-state index in [9.17, 15) is 4.79 Å². The lowest BCUT2D eigenvalue weighted by Gasteiger charge is -2.24. The SMILES string of the molecule is O=C(Cc1ccc(S)cc1)N1CCCC1CCCO. The molecule has 0 saturated carbocycles. The molecule has 1 aromatic rings. The van der Waals surface area contributed by atoms with Crippen LogP contribution >= 0.6 is 12.6 Å². The summed E-state index contributed by atoms with van der Waals surface area (Å²) >= 11 is 4.24. The molecule has 3 nitrogen and oxygen atoms in total. The van der Waals surface area contributed by atoms with E-state index in [1.807, 2.05) is 29.2 Å². The Kier molecular flexibility index (Phi) is 5.28. The Labute approximate surface area is 120 Å². The van der Waals surface area contributed by atoms with Gasteiger partial charge in [0.05, 0.1) is 6.42 Å². The topological polar surface area (TPSA) is 40.5 Å². The standard InChI is InChI=1S/C15H21NO2S/c17-10-2-4-13-3-1-9-16(13)15(18)11-12-5-7-14(19)8-6-12/h5-8,13,17,19H,1-4,9-11H2. The lowest BCUT2D eigenvalue weighted by Crippen LogP contribution is -2.36. The number of aliphatic hydroxyl groups is 1. The first-order chi connectivity index (χ1) is 9.20. The molecule has 2 rings (SSSR count). The zero-order valence-corrected chi connectivity index (χ0v) is 12.0. The highest BCUT2D eigenvalue weighted by Gasteiger charge is 2.27. The molecule has 0 aliphatic carbocycles. The van der Waals surface area contributed by atoms with Crippen LogP contribution in [-0.4, -0.2) is 35.1 Å². The molecule has 0 radical (unpaired) electrons. The van der Waals surface area contributed by atoms with E-state index in [1.165, 1.54) is 0 Å². The van der Waals surface area contributed by atoms with Crippen LogP contribution in [0.25, 0.3) is 0 Å². The van der Waals surface area contributed by atoms with E-state index >= 15 is 0 Å². The van der Waals surface area contributed by atoms with Gasteiger partial charge in [0, 0.05) is 24.1 Å². The summed E-state index contributed by atoms with van der Waals surface area (Å²) in [6.45, 7) is 1.07. The number of hydrogen-bond donors (Lipinski definition) is 2. The Morgan fingerprint density at radius 2 is 2.11 bits per heavy atom. The number of carbonyl (C=O) groups is 1. The van der Waals surface area contributed by atoms with Gasteiger partial charge in [0.2, 0.25) is 5.91 Å². The van der Waals surface area contributed by atoms with Crippen molar-refractivity contribution in [3.63, 3.8) is 0 Å². The normalized spacial score (nSPS) is 18.8. The Morgan fingerprint density at radius 3 is 2.79 bits per heavy atom. The maximum absolute atomic E-state index is 12.3. The Balaban J connectivity index is 1.93. The van der Waals surface area contributed by atoms with Crippen LogP contribution in [0.15, 0.2) is 29.2 Å². The van der Waals surface area contributed by atoms with Crippen molar-refractivity contribution in [3.05, 3.63) is 29.8 Å². The van der Waals surface area contributed by atoms with E-state index in [0.717, 1.165) is 42.7 Å². The summed E-state index contributed by atoms with van der Waals surface area (Å²) in [5.74, 6) is 0.201. The highest BCUT2D eigenvalue weighted by Crippen LogP contribution is 2.22. The number of rotatable bonds is 5. The molecular weight excluding hydrogens is 258 g/mol. The third-order valence-electron chi connectivity index (χ3n) is 3.68. The number of likely N-dealkylation sites (tertiary alicyclic amines) is 1. The van der Waals surface area contributed by atoms with Crippen LogP contribution in [0, 0.1) is 0 Å². The summed E-state index contributed by atoms with van der Waals surface area (Å²) in [5, 5.41) is 8.90. The van der Waals surface area contributed by atoms with Crippen LogP contribution in [0.5, 0.6) is 0 Å². The fraction of sp³-hybridized carbons (Fsp3) is 0.533. The molecule has 1 N–H and O–H groups in total. The second-order valence-electron chi connectivity index (χ2n) is 5.09. The average molecular weight is 279 g/mol.